The molecule has 0 atom stereocenters. The number of benzene rings is 1. The zero-order valence-electron chi connectivity index (χ0n) is 11.0. The number of para-hydroxylation sites is 1. The number of halogens is 1. The average molecular weight is 384 g/mol. The highest BCUT2D eigenvalue weighted by Crippen LogP contribution is 2.21. The van der Waals surface area contributed by atoms with Gasteiger partial charge in [-0.3, -0.25) is 14.4 Å². The molecule has 0 saturated carbocycles. The van der Waals surface area contributed by atoms with Gasteiger partial charge < -0.3 is 5.11 Å². The predicted octanol–water partition coefficient (Wildman–Crippen LogP) is 3.00. The summed E-state index contributed by atoms with van der Waals surface area (Å²) in [4.78, 5) is 35.0. The van der Waals surface area contributed by atoms with Crippen LogP contribution in [0.5, 0.6) is 5.75 Å². The van der Waals surface area contributed by atoms with Gasteiger partial charge in [0.25, 0.3) is 0 Å². The fraction of sp³-hybridized carbons (Fsp3) is 0.133. The van der Waals surface area contributed by atoms with Crippen molar-refractivity contribution in [2.75, 3.05) is 0 Å². The Morgan fingerprint density at radius 2 is 1.65 bits per heavy atom. The van der Waals surface area contributed by atoms with Gasteiger partial charge in [0.15, 0.2) is 17.3 Å². The molecule has 0 aliphatic rings. The van der Waals surface area contributed by atoms with Crippen molar-refractivity contribution in [3.63, 3.8) is 0 Å². The van der Waals surface area contributed by atoms with Gasteiger partial charge in [0.2, 0.25) is 0 Å². The number of aromatic hydroxyl groups is 1. The third kappa shape index (κ3) is 3.86. The molecule has 0 spiro atoms. The van der Waals surface area contributed by atoms with E-state index in [2.05, 4.69) is 0 Å². The molecule has 0 aliphatic carbocycles. The first-order valence-electron chi connectivity index (χ1n) is 5.75. The lowest BCUT2D eigenvalue weighted by Gasteiger charge is -2.05. The van der Waals surface area contributed by atoms with E-state index in [1.165, 1.54) is 36.1 Å². The van der Waals surface area contributed by atoms with Crippen LogP contribution >= 0.6 is 22.6 Å². The van der Waals surface area contributed by atoms with Gasteiger partial charge in [-0.1, -0.05) is 34.7 Å². The van der Waals surface area contributed by atoms with Crippen molar-refractivity contribution in [3.8, 4) is 5.75 Å². The Morgan fingerprint density at radius 3 is 2.10 bits per heavy atom. The van der Waals surface area contributed by atoms with Gasteiger partial charge in [0.1, 0.15) is 5.75 Å². The Morgan fingerprint density at radius 1 is 1.10 bits per heavy atom. The molecule has 4 nitrogen and oxygen atoms in total. The van der Waals surface area contributed by atoms with Gasteiger partial charge in [-0.15, -0.1) is 0 Å². The van der Waals surface area contributed by atoms with Gasteiger partial charge >= 0.3 is 0 Å². The van der Waals surface area contributed by atoms with Crippen molar-refractivity contribution in [2.24, 2.45) is 0 Å². The minimum atomic E-state index is -0.447. The Hall–Kier alpha value is -1.76. The molecule has 1 rings (SSSR count). The number of Topliss-reactive ketones (excluding diaryl/α,β-unsaturated/α-hetero) is 3. The SMILES string of the molecule is CC(=O)C(=C/C(=C\I)C(=O)c1ccccc1O)C(C)=O. The van der Waals surface area contributed by atoms with Crippen LogP contribution in [-0.4, -0.2) is 22.5 Å². The van der Waals surface area contributed by atoms with E-state index in [1.54, 1.807) is 12.1 Å². The van der Waals surface area contributed by atoms with E-state index < -0.39 is 17.3 Å². The topological polar surface area (TPSA) is 71.4 Å². The monoisotopic (exact) mass is 384 g/mol. The molecule has 1 N–H and O–H groups in total. The molecule has 0 bridgehead atoms. The Kier molecular flexibility index (Phi) is 5.82. The van der Waals surface area contributed by atoms with Crippen LogP contribution in [0, 0.1) is 0 Å². The second-order valence-electron chi connectivity index (χ2n) is 4.08. The molecule has 0 aliphatic heterocycles. The molecule has 1 aromatic rings. The predicted molar refractivity (Wildman–Crippen MR) is 84.0 cm³/mol. The molecule has 0 heterocycles. The first-order valence-corrected chi connectivity index (χ1v) is 6.99. The number of hydrogen-bond donors (Lipinski definition) is 1. The molecule has 0 unspecified atom stereocenters. The van der Waals surface area contributed by atoms with E-state index in [0.29, 0.717) is 0 Å². The van der Waals surface area contributed by atoms with Crippen molar-refractivity contribution >= 4 is 39.9 Å². The molecule has 0 radical (unpaired) electrons. The fourth-order valence-electron chi connectivity index (χ4n) is 1.57. The highest BCUT2D eigenvalue weighted by atomic mass is 127. The van der Waals surface area contributed by atoms with Crippen LogP contribution in [0.2, 0.25) is 0 Å². The minimum Gasteiger partial charge on any atom is -0.507 e. The molecular formula is C15H13IO4. The van der Waals surface area contributed by atoms with E-state index in [-0.39, 0.29) is 22.5 Å². The number of ketones is 3. The molecule has 104 valence electrons. The highest BCUT2D eigenvalue weighted by molar-refractivity contribution is 14.1. The summed E-state index contributed by atoms with van der Waals surface area (Å²) in [5.41, 5.74) is 0.252. The van der Waals surface area contributed by atoms with Crippen LogP contribution in [0.25, 0.3) is 0 Å². The molecular weight excluding hydrogens is 371 g/mol. The maximum absolute atomic E-state index is 12.3. The number of carbonyl (C=O) groups is 3. The van der Waals surface area contributed by atoms with Crippen LogP contribution in [0.1, 0.15) is 24.2 Å². The summed E-state index contributed by atoms with van der Waals surface area (Å²) in [6.07, 6.45) is 1.26. The van der Waals surface area contributed by atoms with E-state index in [9.17, 15) is 19.5 Å². The third-order valence-electron chi connectivity index (χ3n) is 2.59. The molecule has 0 aromatic heterocycles. The lowest BCUT2D eigenvalue weighted by molar-refractivity contribution is -0.119. The van der Waals surface area contributed by atoms with Crippen molar-refractivity contribution in [1.29, 1.82) is 0 Å². The Labute approximate surface area is 130 Å². The quantitative estimate of drug-likeness (QED) is 0.212. The number of hydrogen-bond acceptors (Lipinski definition) is 4. The van der Waals surface area contributed by atoms with Crippen LogP contribution in [-0.2, 0) is 9.59 Å². The number of allylic oxidation sites excluding steroid dienone is 3. The Bertz CT molecular complexity index is 611. The molecule has 1 aromatic carbocycles. The van der Waals surface area contributed by atoms with Crippen molar-refractivity contribution in [2.45, 2.75) is 13.8 Å². The minimum absolute atomic E-state index is 0.0447. The van der Waals surface area contributed by atoms with Crippen LogP contribution in [0.15, 0.2) is 45.6 Å². The normalized spacial score (nSPS) is 10.8. The maximum Gasteiger partial charge on any atom is 0.197 e. The molecule has 20 heavy (non-hydrogen) atoms. The Balaban J connectivity index is 3.25. The number of carbonyl (C=O) groups excluding carboxylic acids is 3. The third-order valence-corrected chi connectivity index (χ3v) is 3.26. The largest absolute Gasteiger partial charge is 0.507 e. The zero-order chi connectivity index (χ0) is 15.3. The smallest absolute Gasteiger partial charge is 0.197 e. The van der Waals surface area contributed by atoms with Crippen LogP contribution in [0.4, 0.5) is 0 Å². The maximum atomic E-state index is 12.3. The van der Waals surface area contributed by atoms with E-state index >= 15 is 0 Å². The van der Waals surface area contributed by atoms with Gasteiger partial charge in [-0.25, -0.2) is 0 Å². The van der Waals surface area contributed by atoms with Gasteiger partial charge in [0, 0.05) is 5.57 Å². The van der Waals surface area contributed by atoms with Gasteiger partial charge in [-0.05, 0) is 36.1 Å². The molecule has 0 saturated heterocycles. The molecule has 5 heteroatoms. The summed E-state index contributed by atoms with van der Waals surface area (Å²) in [6.45, 7) is 2.53. The second kappa shape index (κ2) is 7.14. The van der Waals surface area contributed by atoms with Crippen molar-refractivity contribution < 1.29 is 19.5 Å². The number of phenolic OH excluding ortho intramolecular Hbond substituents is 1. The highest BCUT2D eigenvalue weighted by Gasteiger charge is 2.17. The lowest BCUT2D eigenvalue weighted by atomic mass is 9.99. The van der Waals surface area contributed by atoms with Crippen LogP contribution in [0.3, 0.4) is 0 Å². The second-order valence-corrected chi connectivity index (χ2v) is 4.70. The lowest BCUT2D eigenvalue weighted by Crippen LogP contribution is -2.09. The molecule has 0 fully saturated rings. The summed E-state index contributed by atoms with van der Waals surface area (Å²) in [5, 5.41) is 9.67. The zero-order valence-corrected chi connectivity index (χ0v) is 13.2. The van der Waals surface area contributed by atoms with Crippen LogP contribution < -0.4 is 0 Å². The summed E-state index contributed by atoms with van der Waals surface area (Å²) >= 11 is 1.85. The van der Waals surface area contributed by atoms with Gasteiger partial charge in [-0.2, -0.15) is 0 Å². The average Bonchev–Trinajstić information content (AvgIpc) is 2.38. The van der Waals surface area contributed by atoms with E-state index in [4.69, 9.17) is 0 Å². The summed E-state index contributed by atoms with van der Waals surface area (Å²) < 4.78 is 1.47. The summed E-state index contributed by atoms with van der Waals surface area (Å²) in [5.74, 6) is -1.40. The van der Waals surface area contributed by atoms with Gasteiger partial charge in [0.05, 0.1) is 11.1 Å². The van der Waals surface area contributed by atoms with E-state index in [0.717, 1.165) is 0 Å². The van der Waals surface area contributed by atoms with Crippen molar-refractivity contribution in [1.82, 2.24) is 0 Å². The van der Waals surface area contributed by atoms with Crippen molar-refractivity contribution in [3.05, 3.63) is 51.1 Å². The number of phenols is 1. The number of rotatable bonds is 5. The first kappa shape index (κ1) is 16.3. The summed E-state index contributed by atoms with van der Waals surface area (Å²) in [7, 11) is 0. The fourth-order valence-corrected chi connectivity index (χ4v) is 2.04. The standard InChI is InChI=1S/C15H13IO4/c1-9(17)13(10(2)18)7-11(8-16)15(20)12-5-3-4-6-14(12)19/h3-8,19H,1-2H3/b11-8+. The van der Waals surface area contributed by atoms with E-state index in [1.807, 2.05) is 22.6 Å². The first-order chi connectivity index (χ1) is 9.38. The summed E-state index contributed by atoms with van der Waals surface area (Å²) in [6, 6.07) is 6.11. The molecule has 0 amide bonds.